The molecule has 0 N–H and O–H groups in total. The fraction of sp³-hybridized carbons (Fsp3) is 0.261. The number of aryl methyl sites for hydroxylation is 2. The van der Waals surface area contributed by atoms with Crippen LogP contribution < -0.4 is 9.47 Å². The Balaban J connectivity index is 0.00000216. The van der Waals surface area contributed by atoms with E-state index in [1.54, 1.807) is 18.6 Å². The lowest BCUT2D eigenvalue weighted by molar-refractivity contribution is 0.246. The molecule has 2 aliphatic rings. The fourth-order valence-electron chi connectivity index (χ4n) is 4.64. The number of hydrogen-bond donors (Lipinski definition) is 0. The molecule has 9 heteroatoms. The van der Waals surface area contributed by atoms with E-state index in [-0.39, 0.29) is 24.1 Å². The van der Waals surface area contributed by atoms with Crippen molar-refractivity contribution in [1.82, 2.24) is 19.6 Å². The Morgan fingerprint density at radius 3 is 2.75 bits per heavy atom. The van der Waals surface area contributed by atoms with E-state index in [0.717, 1.165) is 39.6 Å². The molecule has 2 aliphatic heterocycles. The quantitative estimate of drug-likeness (QED) is 0.391. The fourth-order valence-corrected chi connectivity index (χ4v) is 4.80. The van der Waals surface area contributed by atoms with E-state index in [1.165, 1.54) is 6.07 Å². The largest absolute Gasteiger partial charge is 0.493 e. The number of hydrogen-bond acceptors (Lipinski definition) is 5. The zero-order chi connectivity index (χ0) is 21.1. The molecule has 6 nitrogen and oxygen atoms in total. The van der Waals surface area contributed by atoms with Gasteiger partial charge >= 0.3 is 0 Å². The second kappa shape index (κ2) is 7.90. The first-order valence-electron chi connectivity index (χ1n) is 10.1. The van der Waals surface area contributed by atoms with Gasteiger partial charge in [-0.1, -0.05) is 11.6 Å². The number of ether oxygens (including phenoxy) is 2. The zero-order valence-corrected chi connectivity index (χ0v) is 18.7. The van der Waals surface area contributed by atoms with Gasteiger partial charge in [0.1, 0.15) is 23.6 Å². The minimum atomic E-state index is -0.199. The summed E-state index contributed by atoms with van der Waals surface area (Å²) in [5, 5.41) is 9.03. The lowest BCUT2D eigenvalue weighted by Gasteiger charge is -2.16. The molecule has 0 fully saturated rings. The van der Waals surface area contributed by atoms with Gasteiger partial charge in [-0.2, -0.15) is 0 Å². The van der Waals surface area contributed by atoms with Crippen molar-refractivity contribution < 1.29 is 13.9 Å². The summed E-state index contributed by atoms with van der Waals surface area (Å²) >= 11 is 6.23. The molecule has 4 aromatic rings. The van der Waals surface area contributed by atoms with Crippen molar-refractivity contribution >= 4 is 29.7 Å². The molecule has 5 heterocycles. The van der Waals surface area contributed by atoms with Crippen LogP contribution in [0.25, 0.3) is 16.8 Å². The van der Waals surface area contributed by atoms with Crippen molar-refractivity contribution in [2.75, 3.05) is 13.2 Å². The molecule has 0 saturated heterocycles. The van der Waals surface area contributed by atoms with Crippen molar-refractivity contribution in [3.05, 3.63) is 70.1 Å². The Morgan fingerprint density at radius 1 is 1.09 bits per heavy atom. The second-order valence-electron chi connectivity index (χ2n) is 7.94. The van der Waals surface area contributed by atoms with Crippen LogP contribution >= 0.6 is 24.0 Å². The molecule has 6 rings (SSSR count). The number of pyridine rings is 2. The smallest absolute Gasteiger partial charge is 0.169 e. The molecule has 0 spiro atoms. The number of halogens is 3. The normalized spacial score (nSPS) is 16.7. The SMILES string of the molecule is Cc1ncc(Cl)cc1-c1cc2c(n3cnnc13)CCc1c(F)ccc3c1[C@H](CO3)CO2.Cl. The summed E-state index contributed by atoms with van der Waals surface area (Å²) in [6.07, 6.45) is 4.41. The van der Waals surface area contributed by atoms with Crippen LogP contribution in [0.3, 0.4) is 0 Å². The van der Waals surface area contributed by atoms with Crippen LogP contribution in [0.4, 0.5) is 4.39 Å². The van der Waals surface area contributed by atoms with Crippen LogP contribution in [0.2, 0.25) is 5.02 Å². The van der Waals surface area contributed by atoms with E-state index in [9.17, 15) is 4.39 Å². The molecule has 0 aliphatic carbocycles. The van der Waals surface area contributed by atoms with E-state index in [1.807, 2.05) is 23.5 Å². The highest BCUT2D eigenvalue weighted by Crippen LogP contribution is 2.41. The highest BCUT2D eigenvalue weighted by molar-refractivity contribution is 6.30. The van der Waals surface area contributed by atoms with Gasteiger partial charge in [0, 0.05) is 28.6 Å². The number of benzene rings is 1. The number of rotatable bonds is 1. The number of nitrogens with zero attached hydrogens (tertiary/aromatic N) is 4. The van der Waals surface area contributed by atoms with Crippen molar-refractivity contribution in [3.8, 4) is 22.6 Å². The molecule has 0 bridgehead atoms. The molecule has 1 aromatic carbocycles. The lowest BCUT2D eigenvalue weighted by Crippen LogP contribution is -2.13. The molecule has 1 atom stereocenters. The minimum absolute atomic E-state index is 0. The predicted octanol–water partition coefficient (Wildman–Crippen LogP) is 4.97. The Bertz CT molecular complexity index is 1360. The molecule has 164 valence electrons. The third-order valence-corrected chi connectivity index (χ3v) is 6.35. The summed E-state index contributed by atoms with van der Waals surface area (Å²) in [4.78, 5) is 4.39. The number of aromatic nitrogens is 4. The van der Waals surface area contributed by atoms with Crippen LogP contribution in [-0.4, -0.2) is 32.8 Å². The van der Waals surface area contributed by atoms with Crippen LogP contribution in [-0.2, 0) is 12.8 Å². The zero-order valence-electron chi connectivity index (χ0n) is 17.1. The lowest BCUT2D eigenvalue weighted by atomic mass is 9.93. The van der Waals surface area contributed by atoms with Crippen LogP contribution in [0.5, 0.6) is 11.5 Å². The Morgan fingerprint density at radius 2 is 1.91 bits per heavy atom. The number of fused-ring (bicyclic) bond motifs is 3. The molecule has 3 aromatic heterocycles. The summed E-state index contributed by atoms with van der Waals surface area (Å²) in [5.74, 6) is 1.27. The van der Waals surface area contributed by atoms with E-state index in [0.29, 0.717) is 42.3 Å². The third kappa shape index (κ3) is 3.19. The van der Waals surface area contributed by atoms with Gasteiger partial charge in [0.05, 0.1) is 29.8 Å². The van der Waals surface area contributed by atoms with E-state index in [2.05, 4.69) is 15.2 Å². The van der Waals surface area contributed by atoms with Gasteiger partial charge in [-0.05, 0) is 49.6 Å². The average molecular weight is 473 g/mol. The van der Waals surface area contributed by atoms with Crippen molar-refractivity contribution in [2.45, 2.75) is 25.7 Å². The monoisotopic (exact) mass is 472 g/mol. The molecule has 0 amide bonds. The van der Waals surface area contributed by atoms with Crippen molar-refractivity contribution in [1.29, 1.82) is 0 Å². The van der Waals surface area contributed by atoms with Crippen LogP contribution in [0, 0.1) is 12.7 Å². The molecule has 0 radical (unpaired) electrons. The third-order valence-electron chi connectivity index (χ3n) is 6.14. The topological polar surface area (TPSA) is 61.5 Å². The first kappa shape index (κ1) is 21.0. The summed E-state index contributed by atoms with van der Waals surface area (Å²) in [5.41, 5.74) is 5.79. The average Bonchev–Trinajstić information content (AvgIpc) is 3.41. The van der Waals surface area contributed by atoms with Crippen LogP contribution in [0.15, 0.2) is 36.8 Å². The molecular weight excluding hydrogens is 454 g/mol. The highest BCUT2D eigenvalue weighted by Gasteiger charge is 2.31. The highest BCUT2D eigenvalue weighted by atomic mass is 35.5. The van der Waals surface area contributed by atoms with Gasteiger partial charge in [-0.3, -0.25) is 9.38 Å². The van der Waals surface area contributed by atoms with Gasteiger partial charge in [-0.25, -0.2) is 4.39 Å². The van der Waals surface area contributed by atoms with E-state index in [4.69, 9.17) is 21.1 Å². The summed E-state index contributed by atoms with van der Waals surface area (Å²) in [6.45, 7) is 2.81. The van der Waals surface area contributed by atoms with Gasteiger partial charge in [-0.15, -0.1) is 22.6 Å². The molecule has 0 saturated carbocycles. The Kier molecular flexibility index (Phi) is 5.18. The maximum absolute atomic E-state index is 14.7. The minimum Gasteiger partial charge on any atom is -0.493 e. The van der Waals surface area contributed by atoms with Crippen molar-refractivity contribution in [2.24, 2.45) is 0 Å². The predicted molar refractivity (Wildman–Crippen MR) is 121 cm³/mol. The van der Waals surface area contributed by atoms with E-state index >= 15 is 0 Å². The first-order chi connectivity index (χ1) is 15.1. The summed E-state index contributed by atoms with van der Waals surface area (Å²) in [7, 11) is 0. The molecule has 32 heavy (non-hydrogen) atoms. The Hall–Kier alpha value is -2.90. The summed E-state index contributed by atoms with van der Waals surface area (Å²) < 4.78 is 28.8. The molecule has 0 unspecified atom stereocenters. The Labute approximate surface area is 194 Å². The second-order valence-corrected chi connectivity index (χ2v) is 8.37. The van der Waals surface area contributed by atoms with Gasteiger partial charge in [0.15, 0.2) is 5.65 Å². The molecular formula is C23H19Cl2FN4O2. The standard InChI is InChI=1S/C23H18ClFN4O2.ClH/c1-12-16(6-14(24)8-26-12)17-7-21-19(29-11-27-28-23(17)29)4-2-15-18(25)3-5-20-22(15)13(9-30-20)10-31-21;/h3,5-8,11,13H,2,4,9-10H2,1H3;1H/t13-;/m1./s1. The van der Waals surface area contributed by atoms with Crippen LogP contribution in [0.1, 0.15) is 28.4 Å². The van der Waals surface area contributed by atoms with Crippen molar-refractivity contribution in [3.63, 3.8) is 0 Å². The van der Waals surface area contributed by atoms with Gasteiger partial charge in [0.25, 0.3) is 0 Å². The van der Waals surface area contributed by atoms with E-state index < -0.39 is 0 Å². The first-order valence-corrected chi connectivity index (χ1v) is 10.5. The maximum Gasteiger partial charge on any atom is 0.169 e. The van der Waals surface area contributed by atoms with Gasteiger partial charge in [0.2, 0.25) is 0 Å². The maximum atomic E-state index is 14.7. The summed E-state index contributed by atoms with van der Waals surface area (Å²) in [6, 6.07) is 7.05. The van der Waals surface area contributed by atoms with Gasteiger partial charge < -0.3 is 9.47 Å².